The predicted octanol–water partition coefficient (Wildman–Crippen LogP) is 0.389. The Morgan fingerprint density at radius 2 is 1.86 bits per heavy atom. The van der Waals surface area contributed by atoms with Gasteiger partial charge in [0, 0.05) is 0 Å². The molecule has 0 saturated heterocycles. The summed E-state index contributed by atoms with van der Waals surface area (Å²) in [5.41, 5.74) is 3.91. The summed E-state index contributed by atoms with van der Waals surface area (Å²) in [6, 6.07) is -0.503. The van der Waals surface area contributed by atoms with Crippen LogP contribution in [0.3, 0.4) is 0 Å². The van der Waals surface area contributed by atoms with Crippen LogP contribution in [0.5, 0.6) is 0 Å². The third kappa shape index (κ3) is 3.27. The molecule has 0 aromatic rings. The van der Waals surface area contributed by atoms with Gasteiger partial charge in [-0.2, -0.15) is 0 Å². The smallest absolute Gasteiger partial charge is 0.237 e. The highest BCUT2D eigenvalue weighted by atomic mass is 16.3. The van der Waals surface area contributed by atoms with E-state index in [9.17, 15) is 9.90 Å². The fourth-order valence-electron chi connectivity index (χ4n) is 0.739. The topological polar surface area (TPSA) is 75.4 Å². The first-order valence-electron chi connectivity index (χ1n) is 4.92. The molecule has 0 heterocycles. The number of carbonyl (C=O) groups excluding carboxylic acids is 1. The molecule has 4 N–H and O–H groups in total. The highest BCUT2D eigenvalue weighted by Gasteiger charge is 2.36. The molecule has 0 rings (SSSR count). The van der Waals surface area contributed by atoms with Crippen LogP contribution in [0.1, 0.15) is 41.0 Å². The molecule has 84 valence electrons. The maximum absolute atomic E-state index is 11.5. The van der Waals surface area contributed by atoms with Crippen LogP contribution in [0.25, 0.3) is 0 Å². The van der Waals surface area contributed by atoms with Crippen molar-refractivity contribution < 1.29 is 9.90 Å². The summed E-state index contributed by atoms with van der Waals surface area (Å²) in [5, 5.41) is 12.5. The number of hydrogen-bond acceptors (Lipinski definition) is 3. The van der Waals surface area contributed by atoms with Gasteiger partial charge in [0.15, 0.2) is 0 Å². The summed E-state index contributed by atoms with van der Waals surface area (Å²) in [6.45, 7) is 8.71. The zero-order chi connectivity index (χ0) is 11.6. The molecule has 0 spiro atoms. The monoisotopic (exact) mass is 202 g/mol. The molecule has 0 bridgehead atoms. The Balaban J connectivity index is 4.45. The average molecular weight is 202 g/mol. The van der Waals surface area contributed by atoms with Gasteiger partial charge in [0.05, 0.1) is 17.2 Å². The van der Waals surface area contributed by atoms with Crippen molar-refractivity contribution in [1.82, 2.24) is 5.32 Å². The van der Waals surface area contributed by atoms with Crippen LogP contribution in [-0.4, -0.2) is 28.2 Å². The Morgan fingerprint density at radius 1 is 1.43 bits per heavy atom. The van der Waals surface area contributed by atoms with E-state index in [0.29, 0.717) is 6.42 Å². The molecule has 0 aliphatic heterocycles. The minimum absolute atomic E-state index is 0.223. The lowest BCUT2D eigenvalue weighted by atomic mass is 9.85. The van der Waals surface area contributed by atoms with Crippen molar-refractivity contribution in [3.8, 4) is 0 Å². The van der Waals surface area contributed by atoms with Gasteiger partial charge in [-0.05, 0) is 34.1 Å². The molecule has 0 aliphatic carbocycles. The van der Waals surface area contributed by atoms with Crippen molar-refractivity contribution in [1.29, 1.82) is 0 Å². The van der Waals surface area contributed by atoms with Gasteiger partial charge < -0.3 is 16.2 Å². The number of carbonyl (C=O) groups is 1. The van der Waals surface area contributed by atoms with Crippen LogP contribution >= 0.6 is 0 Å². The van der Waals surface area contributed by atoms with Crippen molar-refractivity contribution in [2.45, 2.75) is 58.2 Å². The van der Waals surface area contributed by atoms with E-state index in [2.05, 4.69) is 5.32 Å². The first kappa shape index (κ1) is 13.4. The maximum atomic E-state index is 11.5. The summed E-state index contributed by atoms with van der Waals surface area (Å²) in [6.07, 6.45) is 0.591. The van der Waals surface area contributed by atoms with Gasteiger partial charge in [-0.3, -0.25) is 4.79 Å². The summed E-state index contributed by atoms with van der Waals surface area (Å²) in [5.74, 6) is -0.223. The molecular weight excluding hydrogens is 180 g/mol. The summed E-state index contributed by atoms with van der Waals surface area (Å²) >= 11 is 0. The Labute approximate surface area is 85.9 Å². The first-order chi connectivity index (χ1) is 6.12. The zero-order valence-electron chi connectivity index (χ0n) is 9.72. The van der Waals surface area contributed by atoms with Crippen molar-refractivity contribution in [2.75, 3.05) is 0 Å². The maximum Gasteiger partial charge on any atom is 0.237 e. The largest absolute Gasteiger partial charge is 0.388 e. The average Bonchev–Trinajstić information content (AvgIpc) is 2.00. The van der Waals surface area contributed by atoms with E-state index in [1.807, 2.05) is 6.92 Å². The van der Waals surface area contributed by atoms with Crippen molar-refractivity contribution in [3.05, 3.63) is 0 Å². The standard InChI is InChI=1S/C10H22N2O2/c1-6-7(11)8(13)12-9(2,3)10(4,5)14/h7,14H,6,11H2,1-5H3,(H,12,13). The van der Waals surface area contributed by atoms with Gasteiger partial charge in [-0.25, -0.2) is 0 Å². The molecule has 0 radical (unpaired) electrons. The van der Waals surface area contributed by atoms with E-state index >= 15 is 0 Å². The van der Waals surface area contributed by atoms with Gasteiger partial charge in [0.1, 0.15) is 0 Å². The minimum Gasteiger partial charge on any atom is -0.388 e. The molecule has 4 nitrogen and oxygen atoms in total. The summed E-state index contributed by atoms with van der Waals surface area (Å²) in [7, 11) is 0. The molecular formula is C10H22N2O2. The molecule has 0 aromatic heterocycles. The Kier molecular flexibility index (Phi) is 4.09. The SMILES string of the molecule is CCC(N)C(=O)NC(C)(C)C(C)(C)O. The molecule has 1 atom stereocenters. The molecule has 1 amide bonds. The predicted molar refractivity (Wildman–Crippen MR) is 56.8 cm³/mol. The molecule has 4 heteroatoms. The Bertz CT molecular complexity index is 207. The van der Waals surface area contributed by atoms with E-state index in [0.717, 1.165) is 0 Å². The third-order valence-corrected chi connectivity index (χ3v) is 2.74. The molecule has 1 unspecified atom stereocenters. The number of hydrogen-bond donors (Lipinski definition) is 3. The van der Waals surface area contributed by atoms with Crippen molar-refractivity contribution in [3.63, 3.8) is 0 Å². The van der Waals surface area contributed by atoms with Crippen LogP contribution < -0.4 is 11.1 Å². The summed E-state index contributed by atoms with van der Waals surface area (Å²) < 4.78 is 0. The van der Waals surface area contributed by atoms with Crippen molar-refractivity contribution >= 4 is 5.91 Å². The van der Waals surface area contributed by atoms with Crippen LogP contribution in [0.2, 0.25) is 0 Å². The van der Waals surface area contributed by atoms with E-state index in [1.165, 1.54) is 0 Å². The van der Waals surface area contributed by atoms with Crippen LogP contribution in [0.15, 0.2) is 0 Å². The number of nitrogens with two attached hydrogens (primary N) is 1. The van der Waals surface area contributed by atoms with Gasteiger partial charge >= 0.3 is 0 Å². The fraction of sp³-hybridized carbons (Fsp3) is 0.900. The number of nitrogens with one attached hydrogen (secondary N) is 1. The van der Waals surface area contributed by atoms with Gasteiger partial charge in [0.25, 0.3) is 0 Å². The first-order valence-corrected chi connectivity index (χ1v) is 4.92. The second-order valence-corrected chi connectivity index (χ2v) is 4.69. The molecule has 0 fully saturated rings. The lowest BCUT2D eigenvalue weighted by molar-refractivity contribution is -0.127. The zero-order valence-corrected chi connectivity index (χ0v) is 9.72. The molecule has 0 aromatic carbocycles. The van der Waals surface area contributed by atoms with E-state index < -0.39 is 17.2 Å². The Morgan fingerprint density at radius 3 is 2.14 bits per heavy atom. The second-order valence-electron chi connectivity index (χ2n) is 4.69. The van der Waals surface area contributed by atoms with Gasteiger partial charge in [0.2, 0.25) is 5.91 Å². The number of rotatable bonds is 4. The lowest BCUT2D eigenvalue weighted by Crippen LogP contribution is -2.60. The lowest BCUT2D eigenvalue weighted by Gasteiger charge is -2.38. The molecule has 0 saturated carbocycles. The van der Waals surface area contributed by atoms with E-state index in [-0.39, 0.29) is 5.91 Å². The normalized spacial score (nSPS) is 15.1. The molecule has 14 heavy (non-hydrogen) atoms. The van der Waals surface area contributed by atoms with Crippen molar-refractivity contribution in [2.24, 2.45) is 5.73 Å². The van der Waals surface area contributed by atoms with Gasteiger partial charge in [-0.15, -0.1) is 0 Å². The Hall–Kier alpha value is -0.610. The van der Waals surface area contributed by atoms with Crippen LogP contribution in [0, 0.1) is 0 Å². The molecule has 0 aliphatic rings. The van der Waals surface area contributed by atoms with Gasteiger partial charge in [-0.1, -0.05) is 6.92 Å². The van der Waals surface area contributed by atoms with E-state index in [4.69, 9.17) is 5.73 Å². The second kappa shape index (κ2) is 4.28. The fourth-order valence-corrected chi connectivity index (χ4v) is 0.739. The number of aliphatic hydroxyl groups is 1. The van der Waals surface area contributed by atoms with Crippen LogP contribution in [-0.2, 0) is 4.79 Å². The minimum atomic E-state index is -0.976. The van der Waals surface area contributed by atoms with Crippen LogP contribution in [0.4, 0.5) is 0 Å². The highest BCUT2D eigenvalue weighted by Crippen LogP contribution is 2.20. The van der Waals surface area contributed by atoms with E-state index in [1.54, 1.807) is 27.7 Å². The highest BCUT2D eigenvalue weighted by molar-refractivity contribution is 5.82. The summed E-state index contributed by atoms with van der Waals surface area (Å²) in [4.78, 5) is 11.5. The quantitative estimate of drug-likeness (QED) is 0.617. The third-order valence-electron chi connectivity index (χ3n) is 2.74. The number of amides is 1.